The summed E-state index contributed by atoms with van der Waals surface area (Å²) in [5, 5.41) is 0. The number of carbonyl (C=O) groups is 2. The second kappa shape index (κ2) is 11.5. The Bertz CT molecular complexity index is 735. The van der Waals surface area contributed by atoms with Crippen LogP contribution in [0, 0.1) is 5.92 Å². The molecule has 1 aliphatic rings. The third kappa shape index (κ3) is 7.16. The van der Waals surface area contributed by atoms with E-state index in [1.165, 1.54) is 4.57 Å². The largest absolute Gasteiger partial charge is 0.463 e. The molecule has 1 aromatic heterocycles. The van der Waals surface area contributed by atoms with Crippen molar-refractivity contribution in [3.05, 3.63) is 22.7 Å². The van der Waals surface area contributed by atoms with Crippen LogP contribution in [0.3, 0.4) is 0 Å². The molecule has 162 valence electrons. The number of hydrogen-bond donors (Lipinski definition) is 1. The molecule has 0 amide bonds. The Hall–Kier alpha value is -2.42. The molecule has 0 aromatic carbocycles. The fourth-order valence-electron chi connectivity index (χ4n) is 2.87. The average Bonchev–Trinajstić information content (AvgIpc) is 3.18. The second-order valence-electron chi connectivity index (χ2n) is 7.27. The zero-order valence-corrected chi connectivity index (χ0v) is 17.4. The van der Waals surface area contributed by atoms with Gasteiger partial charge in [-0.3, -0.25) is 9.36 Å². The number of nitrogens with zero attached hydrogens (tertiary/aromatic N) is 2. The van der Waals surface area contributed by atoms with Crippen LogP contribution in [0.5, 0.6) is 0 Å². The summed E-state index contributed by atoms with van der Waals surface area (Å²) in [4.78, 5) is 44.5. The van der Waals surface area contributed by atoms with Crippen molar-refractivity contribution in [2.24, 2.45) is 5.92 Å². The van der Waals surface area contributed by atoms with E-state index >= 15 is 0 Å². The van der Waals surface area contributed by atoms with Crippen molar-refractivity contribution < 1.29 is 23.9 Å². The lowest BCUT2D eigenvalue weighted by Gasteiger charge is -2.17. The molecular weight excluding hydrogens is 378 g/mol. The maximum absolute atomic E-state index is 12.3. The first-order valence-corrected chi connectivity index (χ1v) is 10.3. The Balaban J connectivity index is 1.82. The molecule has 1 saturated heterocycles. The maximum atomic E-state index is 12.3. The van der Waals surface area contributed by atoms with Gasteiger partial charge in [-0.15, -0.1) is 0 Å². The summed E-state index contributed by atoms with van der Waals surface area (Å²) in [5.74, 6) is -0.608. The minimum Gasteiger partial charge on any atom is -0.463 e. The molecule has 0 unspecified atom stereocenters. The van der Waals surface area contributed by atoms with Gasteiger partial charge < -0.3 is 14.3 Å². The van der Waals surface area contributed by atoms with E-state index in [0.717, 1.165) is 25.7 Å². The van der Waals surface area contributed by atoms with Crippen LogP contribution in [0.25, 0.3) is 0 Å². The summed E-state index contributed by atoms with van der Waals surface area (Å²) in [7, 11) is 0. The molecule has 0 saturated carbocycles. The summed E-state index contributed by atoms with van der Waals surface area (Å²) in [6.07, 6.45) is 5.91. The number of anilines is 1. The Labute approximate surface area is 170 Å². The number of aromatic nitrogens is 2. The number of rotatable bonds is 11. The fourth-order valence-corrected chi connectivity index (χ4v) is 2.87. The molecule has 0 aliphatic carbocycles. The highest BCUT2D eigenvalue weighted by Gasteiger charge is 2.29. The van der Waals surface area contributed by atoms with Crippen molar-refractivity contribution in [3.63, 3.8) is 0 Å². The van der Waals surface area contributed by atoms with Crippen LogP contribution in [0.2, 0.25) is 0 Å². The molecule has 1 N–H and O–H groups in total. The van der Waals surface area contributed by atoms with Crippen LogP contribution in [0.1, 0.15) is 71.9 Å². The third-order valence-corrected chi connectivity index (χ3v) is 4.91. The van der Waals surface area contributed by atoms with Crippen molar-refractivity contribution in [2.45, 2.75) is 78.0 Å². The smallest absolute Gasteiger partial charge is 0.351 e. The first kappa shape index (κ1) is 22.9. The van der Waals surface area contributed by atoms with E-state index in [-0.39, 0.29) is 30.4 Å². The van der Waals surface area contributed by atoms with Crippen LogP contribution >= 0.6 is 0 Å². The fraction of sp³-hybridized carbons (Fsp3) is 0.700. The van der Waals surface area contributed by atoms with E-state index in [1.807, 2.05) is 13.8 Å². The predicted molar refractivity (Wildman–Crippen MR) is 106 cm³/mol. The van der Waals surface area contributed by atoms with Crippen molar-refractivity contribution in [3.8, 4) is 0 Å². The lowest BCUT2D eigenvalue weighted by Crippen LogP contribution is -2.28. The molecule has 0 bridgehead atoms. The summed E-state index contributed by atoms with van der Waals surface area (Å²) in [6.45, 7) is 5.98. The molecule has 3 atom stereocenters. The molecule has 1 aromatic rings. The van der Waals surface area contributed by atoms with Gasteiger partial charge in [0.2, 0.25) is 0 Å². The molecular formula is C20H31N3O6. The van der Waals surface area contributed by atoms with E-state index in [4.69, 9.17) is 14.3 Å². The Morgan fingerprint density at radius 3 is 2.83 bits per heavy atom. The normalized spacial score (nSPS) is 19.6. The van der Waals surface area contributed by atoms with Gasteiger partial charge in [0, 0.05) is 18.7 Å². The molecule has 1 aliphatic heterocycles. The quantitative estimate of drug-likeness (QED) is 0.338. The number of nitrogens with one attached hydrogen (secondary N) is 1. The van der Waals surface area contributed by atoms with Gasteiger partial charge in [0.25, 0.3) is 0 Å². The molecule has 0 radical (unpaired) electrons. The average molecular weight is 409 g/mol. The first-order valence-electron chi connectivity index (χ1n) is 10.3. The lowest BCUT2D eigenvalue weighted by atomic mass is 10.1. The van der Waals surface area contributed by atoms with Crippen LogP contribution in [-0.2, 0) is 23.9 Å². The van der Waals surface area contributed by atoms with Crippen LogP contribution < -0.4 is 11.2 Å². The molecule has 9 nitrogen and oxygen atoms in total. The maximum Gasteiger partial charge on any atom is 0.351 e. The Morgan fingerprint density at radius 1 is 1.34 bits per heavy atom. The molecule has 1 fully saturated rings. The number of unbranched alkanes of at least 4 members (excludes halogenated alkanes) is 2. The van der Waals surface area contributed by atoms with Gasteiger partial charge in [0.05, 0.1) is 12.0 Å². The van der Waals surface area contributed by atoms with Gasteiger partial charge in [-0.2, -0.15) is 4.98 Å². The summed E-state index contributed by atoms with van der Waals surface area (Å²) in [5.41, 5.74) is 1.90. The van der Waals surface area contributed by atoms with E-state index in [9.17, 15) is 14.4 Å². The molecule has 0 spiro atoms. The van der Waals surface area contributed by atoms with E-state index in [1.54, 1.807) is 12.3 Å². The highest BCUT2D eigenvalue weighted by molar-refractivity contribution is 5.71. The van der Waals surface area contributed by atoms with Gasteiger partial charge in [0.15, 0.2) is 5.82 Å². The summed E-state index contributed by atoms with van der Waals surface area (Å²) < 4.78 is 12.5. The molecule has 29 heavy (non-hydrogen) atoms. The number of hydrogen-bond acceptors (Lipinski definition) is 8. The van der Waals surface area contributed by atoms with Crippen LogP contribution in [0.15, 0.2) is 17.1 Å². The first-order chi connectivity index (χ1) is 13.9. The number of ether oxygens (including phenoxy) is 2. The summed E-state index contributed by atoms with van der Waals surface area (Å²) >= 11 is 0. The minimum atomic E-state index is -0.515. The van der Waals surface area contributed by atoms with E-state index in [2.05, 4.69) is 17.4 Å². The van der Waals surface area contributed by atoms with Crippen molar-refractivity contribution in [1.29, 1.82) is 0 Å². The Morgan fingerprint density at radius 2 is 2.14 bits per heavy atom. The summed E-state index contributed by atoms with van der Waals surface area (Å²) in [6, 6.07) is 1.54. The molecule has 9 heteroatoms. The van der Waals surface area contributed by atoms with Crippen molar-refractivity contribution in [1.82, 2.24) is 9.55 Å². The van der Waals surface area contributed by atoms with Gasteiger partial charge in [-0.05, 0) is 25.7 Å². The van der Waals surface area contributed by atoms with Gasteiger partial charge in [-0.1, -0.05) is 33.6 Å². The second-order valence-corrected chi connectivity index (χ2v) is 7.27. The highest BCUT2D eigenvalue weighted by atomic mass is 16.7. The Kier molecular flexibility index (Phi) is 9.11. The highest BCUT2D eigenvalue weighted by Crippen LogP contribution is 2.27. The monoisotopic (exact) mass is 409 g/mol. The van der Waals surface area contributed by atoms with Crippen molar-refractivity contribution >= 4 is 17.8 Å². The molecule has 2 rings (SSSR count). The topological polar surface area (TPSA) is 109 Å². The zero-order valence-electron chi connectivity index (χ0n) is 17.4. The number of esters is 1. The predicted octanol–water partition coefficient (Wildman–Crippen LogP) is 2.96. The third-order valence-electron chi connectivity index (χ3n) is 4.91. The van der Waals surface area contributed by atoms with E-state index < -0.39 is 17.9 Å². The van der Waals surface area contributed by atoms with Gasteiger partial charge >= 0.3 is 17.6 Å². The number of carbonyl (C=O) groups excluding carboxylic acids is 2. The van der Waals surface area contributed by atoms with Gasteiger partial charge in [-0.25, -0.2) is 15.1 Å². The lowest BCUT2D eigenvalue weighted by molar-refractivity contribution is -0.152. The van der Waals surface area contributed by atoms with Crippen LogP contribution in [0.4, 0.5) is 5.82 Å². The molecule has 2 heterocycles. The van der Waals surface area contributed by atoms with Crippen molar-refractivity contribution in [2.75, 3.05) is 12.1 Å². The SMILES string of the molecule is CCCCCC(=O)ONc1ccn([C@H]2CC[C@@H](COC(=O)[C@@H](C)CC)O2)c(=O)n1. The zero-order chi connectivity index (χ0) is 21.2. The van der Waals surface area contributed by atoms with Crippen LogP contribution in [-0.4, -0.2) is 34.2 Å². The minimum absolute atomic E-state index is 0.139. The van der Waals surface area contributed by atoms with E-state index in [0.29, 0.717) is 19.3 Å². The van der Waals surface area contributed by atoms with Gasteiger partial charge in [0.1, 0.15) is 12.8 Å². The standard InChI is InChI=1S/C20H31N3O6/c1-4-6-7-8-18(24)29-22-16-11-12-23(20(26)21-16)17-10-9-15(28-17)13-27-19(25)14(3)5-2/h11-12,14-15,17H,4-10,13H2,1-3H3,(H,21,22,26)/t14-,15-,17+/m0/s1.